The topological polar surface area (TPSA) is 82.3 Å². The summed E-state index contributed by atoms with van der Waals surface area (Å²) in [6, 6.07) is 18.0. The molecule has 31 heavy (non-hydrogen) atoms. The average Bonchev–Trinajstić information content (AvgIpc) is 3.22. The predicted molar refractivity (Wildman–Crippen MR) is 122 cm³/mol. The number of nitrogens with zero attached hydrogens (tertiary/aromatic N) is 1. The molecule has 0 saturated carbocycles. The van der Waals surface area contributed by atoms with E-state index in [1.165, 1.54) is 6.92 Å². The zero-order chi connectivity index (χ0) is 21.8. The lowest BCUT2D eigenvalue weighted by molar-refractivity contribution is -0.136. The van der Waals surface area contributed by atoms with Gasteiger partial charge in [0.05, 0.1) is 5.92 Å². The van der Waals surface area contributed by atoms with Crippen molar-refractivity contribution in [3.05, 3.63) is 54.6 Å². The predicted octanol–water partition coefficient (Wildman–Crippen LogP) is 4.38. The third-order valence-electron chi connectivity index (χ3n) is 5.81. The normalized spacial score (nSPS) is 16.3. The third-order valence-corrected chi connectivity index (χ3v) is 5.81. The second kappa shape index (κ2) is 9.16. The van der Waals surface area contributed by atoms with Crippen LogP contribution in [-0.4, -0.2) is 40.6 Å². The van der Waals surface area contributed by atoms with Crippen LogP contribution in [0.25, 0.3) is 22.2 Å². The van der Waals surface area contributed by atoms with Crippen LogP contribution in [0.1, 0.15) is 32.6 Å². The molecule has 2 amide bonds. The van der Waals surface area contributed by atoms with E-state index in [9.17, 15) is 14.4 Å². The molecule has 1 atom stereocenters. The number of carbonyl (C=O) groups excluding carboxylic acids is 3. The Balaban J connectivity index is 1.42. The van der Waals surface area contributed by atoms with Gasteiger partial charge in [0.15, 0.2) is 0 Å². The van der Waals surface area contributed by atoms with E-state index in [-0.39, 0.29) is 36.4 Å². The molecule has 2 N–H and O–H groups in total. The van der Waals surface area contributed by atoms with Gasteiger partial charge in [-0.1, -0.05) is 30.3 Å². The molecule has 1 aliphatic rings. The third kappa shape index (κ3) is 5.02. The van der Waals surface area contributed by atoms with Gasteiger partial charge in [-0.25, -0.2) is 0 Å². The van der Waals surface area contributed by atoms with Gasteiger partial charge in [0, 0.05) is 53.8 Å². The first kappa shape index (κ1) is 20.8. The second-order valence-corrected chi connectivity index (χ2v) is 8.22. The molecule has 1 saturated heterocycles. The van der Waals surface area contributed by atoms with Gasteiger partial charge in [0.2, 0.25) is 11.8 Å². The number of likely N-dealkylation sites (tertiary alicyclic amines) is 1. The van der Waals surface area contributed by atoms with Crippen LogP contribution in [0.5, 0.6) is 0 Å². The summed E-state index contributed by atoms with van der Waals surface area (Å²) in [7, 11) is 0. The molecule has 1 fully saturated rings. The number of benzene rings is 2. The minimum atomic E-state index is -0.244. The second-order valence-electron chi connectivity index (χ2n) is 8.22. The highest BCUT2D eigenvalue weighted by atomic mass is 16.2. The summed E-state index contributed by atoms with van der Waals surface area (Å²) in [5.41, 5.74) is 3.81. The van der Waals surface area contributed by atoms with Gasteiger partial charge >= 0.3 is 0 Å². The summed E-state index contributed by atoms with van der Waals surface area (Å²) >= 11 is 0. The minimum Gasteiger partial charge on any atom is -0.355 e. The zero-order valence-electron chi connectivity index (χ0n) is 17.7. The Morgan fingerprint density at radius 1 is 1.06 bits per heavy atom. The van der Waals surface area contributed by atoms with E-state index in [1.54, 1.807) is 4.90 Å². The monoisotopic (exact) mass is 417 g/mol. The van der Waals surface area contributed by atoms with Gasteiger partial charge < -0.3 is 20.0 Å². The number of rotatable bonds is 6. The van der Waals surface area contributed by atoms with Crippen LogP contribution in [0, 0.1) is 5.92 Å². The first-order valence-corrected chi connectivity index (χ1v) is 10.8. The van der Waals surface area contributed by atoms with Gasteiger partial charge in [-0.3, -0.25) is 9.59 Å². The number of ketones is 1. The number of hydrogen-bond donors (Lipinski definition) is 2. The Hall–Kier alpha value is -3.41. The molecular formula is C25H27N3O3. The summed E-state index contributed by atoms with van der Waals surface area (Å²) < 4.78 is 0. The van der Waals surface area contributed by atoms with Crippen LogP contribution in [0.3, 0.4) is 0 Å². The maximum Gasteiger partial charge on any atom is 0.229 e. The van der Waals surface area contributed by atoms with E-state index in [0.29, 0.717) is 13.1 Å². The first-order valence-electron chi connectivity index (χ1n) is 10.8. The maximum absolute atomic E-state index is 12.9. The molecule has 1 aliphatic heterocycles. The van der Waals surface area contributed by atoms with Crippen molar-refractivity contribution in [3.8, 4) is 11.3 Å². The fourth-order valence-corrected chi connectivity index (χ4v) is 4.10. The molecule has 1 aromatic heterocycles. The molecule has 160 valence electrons. The molecule has 6 heteroatoms. The lowest BCUT2D eigenvalue weighted by atomic mass is 9.96. The Kier molecular flexibility index (Phi) is 6.16. The fourth-order valence-electron chi connectivity index (χ4n) is 4.10. The number of amides is 2. The van der Waals surface area contributed by atoms with E-state index in [4.69, 9.17) is 0 Å². The number of H-pyrrole nitrogens is 1. The molecule has 4 rings (SSSR count). The van der Waals surface area contributed by atoms with Gasteiger partial charge in [-0.15, -0.1) is 0 Å². The van der Waals surface area contributed by atoms with E-state index in [2.05, 4.69) is 22.4 Å². The van der Waals surface area contributed by atoms with Crippen LogP contribution < -0.4 is 5.32 Å². The fraction of sp³-hybridized carbons (Fsp3) is 0.320. The summed E-state index contributed by atoms with van der Waals surface area (Å²) in [6.07, 6.45) is 2.02. The molecule has 3 aromatic rings. The molecule has 0 spiro atoms. The van der Waals surface area contributed by atoms with Crippen molar-refractivity contribution in [1.82, 2.24) is 9.88 Å². The van der Waals surface area contributed by atoms with Crippen molar-refractivity contribution in [3.63, 3.8) is 0 Å². The SMILES string of the molecule is CC(=O)CCC(=O)N1CCC[C@H](C(=O)Nc2cccc(-c3cc4ccccc4[nH]3)c2)C1. The van der Waals surface area contributed by atoms with E-state index in [1.807, 2.05) is 42.5 Å². The van der Waals surface area contributed by atoms with Crippen LogP contribution in [-0.2, 0) is 14.4 Å². The highest BCUT2D eigenvalue weighted by Gasteiger charge is 2.28. The van der Waals surface area contributed by atoms with Gasteiger partial charge in [-0.05, 0) is 44.0 Å². The maximum atomic E-state index is 12.9. The minimum absolute atomic E-state index is 0.00879. The van der Waals surface area contributed by atoms with E-state index >= 15 is 0 Å². The molecule has 2 aromatic carbocycles. The van der Waals surface area contributed by atoms with Gasteiger partial charge in [-0.2, -0.15) is 0 Å². The Morgan fingerprint density at radius 2 is 1.90 bits per heavy atom. The van der Waals surface area contributed by atoms with Crippen LogP contribution in [0.2, 0.25) is 0 Å². The molecule has 6 nitrogen and oxygen atoms in total. The van der Waals surface area contributed by atoms with Crippen LogP contribution >= 0.6 is 0 Å². The van der Waals surface area contributed by atoms with E-state index < -0.39 is 0 Å². The number of aromatic nitrogens is 1. The molecule has 0 aliphatic carbocycles. The lowest BCUT2D eigenvalue weighted by Crippen LogP contribution is -2.43. The molecule has 0 radical (unpaired) electrons. The van der Waals surface area contributed by atoms with Gasteiger partial charge in [0.1, 0.15) is 5.78 Å². The highest BCUT2D eigenvalue weighted by Crippen LogP contribution is 2.27. The summed E-state index contributed by atoms with van der Waals surface area (Å²) in [4.78, 5) is 41.5. The van der Waals surface area contributed by atoms with Crippen molar-refractivity contribution in [2.75, 3.05) is 18.4 Å². The highest BCUT2D eigenvalue weighted by molar-refractivity contribution is 5.94. The number of para-hydroxylation sites is 1. The lowest BCUT2D eigenvalue weighted by Gasteiger charge is -2.32. The summed E-state index contributed by atoms with van der Waals surface area (Å²) in [5.74, 6) is -0.354. The largest absolute Gasteiger partial charge is 0.355 e. The number of carbonyl (C=O) groups is 3. The molecular weight excluding hydrogens is 390 g/mol. The van der Waals surface area contributed by atoms with Crippen LogP contribution in [0.15, 0.2) is 54.6 Å². The number of anilines is 1. The van der Waals surface area contributed by atoms with Crippen molar-refractivity contribution >= 4 is 34.2 Å². The van der Waals surface area contributed by atoms with Gasteiger partial charge in [0.25, 0.3) is 0 Å². The number of hydrogen-bond acceptors (Lipinski definition) is 3. The first-order chi connectivity index (χ1) is 15.0. The standard InChI is InChI=1S/C25H27N3O3/c1-17(29)11-12-24(30)28-13-5-8-20(16-28)25(31)26-21-9-4-7-18(14-21)23-15-19-6-2-3-10-22(19)27-23/h2-4,6-7,9-10,14-15,20,27H,5,8,11-13,16H2,1H3,(H,26,31)/t20-/m0/s1. The van der Waals surface area contributed by atoms with Crippen LogP contribution in [0.4, 0.5) is 5.69 Å². The quantitative estimate of drug-likeness (QED) is 0.624. The number of Topliss-reactive ketones (excluding diaryl/α,β-unsaturated/α-hetero) is 1. The zero-order valence-corrected chi connectivity index (χ0v) is 17.7. The van der Waals surface area contributed by atoms with Crippen molar-refractivity contribution in [2.24, 2.45) is 5.92 Å². The number of fused-ring (bicyclic) bond motifs is 1. The summed E-state index contributed by atoms with van der Waals surface area (Å²) in [5, 5.41) is 4.16. The smallest absolute Gasteiger partial charge is 0.229 e. The Morgan fingerprint density at radius 3 is 2.71 bits per heavy atom. The van der Waals surface area contributed by atoms with Crippen molar-refractivity contribution in [2.45, 2.75) is 32.6 Å². The number of nitrogens with one attached hydrogen (secondary N) is 2. The van der Waals surface area contributed by atoms with Crippen molar-refractivity contribution < 1.29 is 14.4 Å². The molecule has 0 unspecified atom stereocenters. The van der Waals surface area contributed by atoms with E-state index in [0.717, 1.165) is 40.7 Å². The Bertz CT molecular complexity index is 1080. The molecule has 2 heterocycles. The van der Waals surface area contributed by atoms with Crippen molar-refractivity contribution in [1.29, 1.82) is 0 Å². The summed E-state index contributed by atoms with van der Waals surface area (Å²) in [6.45, 7) is 2.55. The number of aromatic amines is 1. The molecule has 0 bridgehead atoms. The number of piperidine rings is 1. The Labute approximate surface area is 181 Å². The average molecular weight is 418 g/mol.